The van der Waals surface area contributed by atoms with Gasteiger partial charge in [-0.25, -0.2) is 0 Å². The predicted octanol–water partition coefficient (Wildman–Crippen LogP) is 3.71. The first-order valence-corrected chi connectivity index (χ1v) is 8.75. The van der Waals surface area contributed by atoms with E-state index in [1.165, 1.54) is 5.56 Å². The molecule has 0 radical (unpaired) electrons. The van der Waals surface area contributed by atoms with Gasteiger partial charge in [-0.05, 0) is 35.9 Å². The summed E-state index contributed by atoms with van der Waals surface area (Å²) in [5.74, 6) is 0.0387. The van der Waals surface area contributed by atoms with Crippen LogP contribution in [-0.4, -0.2) is 15.7 Å². The molecule has 0 aliphatic carbocycles. The summed E-state index contributed by atoms with van der Waals surface area (Å²) in [5, 5.41) is 11.3. The molecule has 4 rings (SSSR count). The molecule has 0 aliphatic heterocycles. The monoisotopic (exact) mass is 360 g/mol. The minimum absolute atomic E-state index is 0.254. The molecule has 0 unspecified atom stereocenters. The van der Waals surface area contributed by atoms with E-state index in [9.17, 15) is 4.79 Å². The number of carbonyl (C=O) groups excluding carboxylic acids is 1. The molecule has 1 amide bonds. The number of nitrogens with one attached hydrogen (secondary N) is 2. The summed E-state index contributed by atoms with van der Waals surface area (Å²) in [4.78, 5) is 12.3. The third-order valence-electron chi connectivity index (χ3n) is 4.28. The number of amides is 1. The molecule has 136 valence electrons. The lowest BCUT2D eigenvalue weighted by Crippen LogP contribution is -2.22. The number of aryl methyl sites for hydroxylation is 1. The number of hydrogen-bond acceptors (Lipinski definition) is 4. The van der Waals surface area contributed by atoms with E-state index in [4.69, 9.17) is 4.42 Å². The third kappa shape index (κ3) is 4.00. The second-order valence-corrected chi connectivity index (χ2v) is 6.37. The predicted molar refractivity (Wildman–Crippen MR) is 104 cm³/mol. The average molecular weight is 360 g/mol. The van der Waals surface area contributed by atoms with Crippen molar-refractivity contribution in [2.75, 3.05) is 5.32 Å². The zero-order valence-electron chi connectivity index (χ0n) is 15.0. The van der Waals surface area contributed by atoms with Crippen molar-refractivity contribution in [1.29, 1.82) is 0 Å². The van der Waals surface area contributed by atoms with Gasteiger partial charge in [-0.1, -0.05) is 30.3 Å². The lowest BCUT2D eigenvalue weighted by molar-refractivity contribution is 0.0925. The maximum Gasteiger partial charge on any atom is 0.287 e. The Bertz CT molecular complexity index is 1070. The number of carbonyl (C=O) groups is 1. The lowest BCUT2D eigenvalue weighted by Gasteiger charge is -2.06. The summed E-state index contributed by atoms with van der Waals surface area (Å²) in [5.41, 5.74) is 3.67. The maximum atomic E-state index is 12.3. The highest BCUT2D eigenvalue weighted by Gasteiger charge is 2.13. The fourth-order valence-corrected chi connectivity index (χ4v) is 2.88. The summed E-state index contributed by atoms with van der Waals surface area (Å²) in [6.07, 6.45) is 1.84. The van der Waals surface area contributed by atoms with E-state index in [1.807, 2.05) is 55.7 Å². The van der Waals surface area contributed by atoms with Crippen molar-refractivity contribution in [2.24, 2.45) is 7.05 Å². The van der Waals surface area contributed by atoms with Crippen LogP contribution in [0.3, 0.4) is 0 Å². The summed E-state index contributed by atoms with van der Waals surface area (Å²) in [6, 6.07) is 19.6. The van der Waals surface area contributed by atoms with Crippen LogP contribution in [0.1, 0.15) is 21.8 Å². The Balaban J connectivity index is 1.43. The summed E-state index contributed by atoms with van der Waals surface area (Å²) < 4.78 is 7.38. The van der Waals surface area contributed by atoms with Crippen LogP contribution in [0.4, 0.5) is 5.69 Å². The number of nitrogens with zero attached hydrogens (tertiary/aromatic N) is 2. The Morgan fingerprint density at radius 2 is 1.93 bits per heavy atom. The fraction of sp³-hybridized carbons (Fsp3) is 0.143. The van der Waals surface area contributed by atoms with E-state index in [2.05, 4.69) is 27.9 Å². The molecule has 27 heavy (non-hydrogen) atoms. The van der Waals surface area contributed by atoms with E-state index in [-0.39, 0.29) is 5.91 Å². The van der Waals surface area contributed by atoms with Crippen molar-refractivity contribution in [3.8, 4) is 0 Å². The Kier molecular flexibility index (Phi) is 4.61. The van der Waals surface area contributed by atoms with Gasteiger partial charge in [0.25, 0.3) is 5.91 Å². The molecule has 6 nitrogen and oxygen atoms in total. The Morgan fingerprint density at radius 3 is 2.70 bits per heavy atom. The van der Waals surface area contributed by atoms with Crippen LogP contribution >= 0.6 is 0 Å². The smallest absolute Gasteiger partial charge is 0.287 e. The van der Waals surface area contributed by atoms with E-state index in [0.29, 0.717) is 17.9 Å². The van der Waals surface area contributed by atoms with E-state index in [0.717, 1.165) is 23.3 Å². The second-order valence-electron chi connectivity index (χ2n) is 6.37. The number of hydrogen-bond donors (Lipinski definition) is 2. The van der Waals surface area contributed by atoms with E-state index < -0.39 is 0 Å². The van der Waals surface area contributed by atoms with Gasteiger partial charge in [0.05, 0.1) is 12.2 Å². The van der Waals surface area contributed by atoms with Gasteiger partial charge in [0.15, 0.2) is 5.76 Å². The SMILES string of the molecule is Cn1ccc(CNC(=O)c2cc3cc(NCc4ccccc4)ccc3o2)n1. The number of fused-ring (bicyclic) bond motifs is 1. The maximum absolute atomic E-state index is 12.3. The van der Waals surface area contributed by atoms with Gasteiger partial charge in [-0.15, -0.1) is 0 Å². The third-order valence-corrected chi connectivity index (χ3v) is 4.28. The van der Waals surface area contributed by atoms with Crippen LogP contribution in [-0.2, 0) is 20.1 Å². The molecule has 2 heterocycles. The minimum Gasteiger partial charge on any atom is -0.451 e. The molecule has 2 aromatic carbocycles. The molecule has 0 atom stereocenters. The number of aromatic nitrogens is 2. The highest BCUT2D eigenvalue weighted by Crippen LogP contribution is 2.23. The van der Waals surface area contributed by atoms with E-state index in [1.54, 1.807) is 10.7 Å². The largest absolute Gasteiger partial charge is 0.451 e. The molecule has 0 aliphatic rings. The van der Waals surface area contributed by atoms with Crippen LogP contribution in [0.25, 0.3) is 11.0 Å². The van der Waals surface area contributed by atoms with Crippen molar-refractivity contribution in [3.05, 3.63) is 83.9 Å². The number of anilines is 1. The summed E-state index contributed by atoms with van der Waals surface area (Å²) in [6.45, 7) is 1.10. The summed E-state index contributed by atoms with van der Waals surface area (Å²) >= 11 is 0. The van der Waals surface area contributed by atoms with Crippen LogP contribution in [0.2, 0.25) is 0 Å². The van der Waals surface area contributed by atoms with Gasteiger partial charge in [-0.2, -0.15) is 5.10 Å². The topological polar surface area (TPSA) is 72.1 Å². The van der Waals surface area contributed by atoms with E-state index >= 15 is 0 Å². The second kappa shape index (κ2) is 7.37. The standard InChI is InChI=1S/C21H20N4O2/c1-25-10-9-18(24-25)14-23-21(26)20-12-16-11-17(7-8-19(16)27-20)22-13-15-5-3-2-4-6-15/h2-12,22H,13-14H2,1H3,(H,23,26). The van der Waals surface area contributed by atoms with Crippen molar-refractivity contribution < 1.29 is 9.21 Å². The molecule has 4 aromatic rings. The first-order valence-electron chi connectivity index (χ1n) is 8.75. The number of benzene rings is 2. The highest BCUT2D eigenvalue weighted by molar-refractivity contribution is 5.96. The Morgan fingerprint density at radius 1 is 1.07 bits per heavy atom. The van der Waals surface area contributed by atoms with Gasteiger partial charge in [0.2, 0.25) is 0 Å². The van der Waals surface area contributed by atoms with Gasteiger partial charge in [0.1, 0.15) is 5.58 Å². The number of furan rings is 1. The fourth-order valence-electron chi connectivity index (χ4n) is 2.88. The van der Waals surface area contributed by atoms with Crippen LogP contribution in [0, 0.1) is 0 Å². The van der Waals surface area contributed by atoms with Gasteiger partial charge < -0.3 is 15.1 Å². The zero-order chi connectivity index (χ0) is 18.6. The summed E-state index contributed by atoms with van der Waals surface area (Å²) in [7, 11) is 1.84. The molecular formula is C21H20N4O2. The molecule has 2 N–H and O–H groups in total. The molecule has 0 bridgehead atoms. The normalized spacial score (nSPS) is 10.9. The molecule has 0 saturated carbocycles. The Labute approximate surface area is 156 Å². The van der Waals surface area contributed by atoms with Crippen molar-refractivity contribution >= 4 is 22.6 Å². The van der Waals surface area contributed by atoms with Gasteiger partial charge in [-0.3, -0.25) is 9.48 Å². The Hall–Kier alpha value is -3.54. The quantitative estimate of drug-likeness (QED) is 0.550. The first-order chi connectivity index (χ1) is 13.2. The molecule has 6 heteroatoms. The van der Waals surface area contributed by atoms with Crippen molar-refractivity contribution in [3.63, 3.8) is 0 Å². The minimum atomic E-state index is -0.254. The van der Waals surface area contributed by atoms with Crippen molar-refractivity contribution in [2.45, 2.75) is 13.1 Å². The molecular weight excluding hydrogens is 340 g/mol. The molecule has 0 spiro atoms. The van der Waals surface area contributed by atoms with Crippen LogP contribution in [0.5, 0.6) is 0 Å². The lowest BCUT2D eigenvalue weighted by atomic mass is 10.2. The average Bonchev–Trinajstić information content (AvgIpc) is 3.31. The van der Waals surface area contributed by atoms with Gasteiger partial charge in [0, 0.05) is 30.9 Å². The van der Waals surface area contributed by atoms with Crippen LogP contribution < -0.4 is 10.6 Å². The highest BCUT2D eigenvalue weighted by atomic mass is 16.3. The van der Waals surface area contributed by atoms with Crippen molar-refractivity contribution in [1.82, 2.24) is 15.1 Å². The number of rotatable bonds is 6. The molecule has 0 saturated heterocycles. The van der Waals surface area contributed by atoms with Crippen LogP contribution in [0.15, 0.2) is 71.3 Å². The zero-order valence-corrected chi connectivity index (χ0v) is 15.0. The molecule has 2 aromatic heterocycles. The first kappa shape index (κ1) is 16.9. The van der Waals surface area contributed by atoms with Gasteiger partial charge >= 0.3 is 0 Å². The molecule has 0 fully saturated rings.